The van der Waals surface area contributed by atoms with Gasteiger partial charge in [0.15, 0.2) is 0 Å². The molecule has 5 nitrogen and oxygen atoms in total. The summed E-state index contributed by atoms with van der Waals surface area (Å²) in [4.78, 5) is 10.5. The Labute approximate surface area is 112 Å². The number of hydrogen-bond donors (Lipinski definition) is 1. The highest BCUT2D eigenvalue weighted by Gasteiger charge is 2.21. The first-order valence-electron chi connectivity index (χ1n) is 5.61. The summed E-state index contributed by atoms with van der Waals surface area (Å²) < 4.78 is 11.2. The molecule has 0 radical (unpaired) electrons. The summed E-state index contributed by atoms with van der Waals surface area (Å²) in [6.45, 7) is 0. The maximum absolute atomic E-state index is 11.2. The van der Waals surface area contributed by atoms with Crippen LogP contribution >= 0.6 is 11.6 Å². The highest BCUT2D eigenvalue weighted by Crippen LogP contribution is 2.29. The van der Waals surface area contributed by atoms with Crippen molar-refractivity contribution in [1.29, 1.82) is 0 Å². The molecule has 2 rings (SSSR count). The molecule has 1 fully saturated rings. The van der Waals surface area contributed by atoms with Crippen LogP contribution in [0.15, 0.2) is 18.2 Å². The molecule has 1 heterocycles. The monoisotopic (exact) mass is 288 g/mol. The van der Waals surface area contributed by atoms with E-state index in [1.54, 1.807) is 6.07 Å². The second-order valence-corrected chi connectivity index (χ2v) is 6.32. The number of halogens is 1. The smallest absolute Gasteiger partial charge is 0.292 e. The fourth-order valence-electron chi connectivity index (χ4n) is 1.94. The van der Waals surface area contributed by atoms with Crippen molar-refractivity contribution < 1.29 is 9.13 Å². The summed E-state index contributed by atoms with van der Waals surface area (Å²) in [5, 5.41) is 14.5. The lowest BCUT2D eigenvalue weighted by Gasteiger charge is -2.23. The Bertz CT molecular complexity index is 485. The van der Waals surface area contributed by atoms with Crippen LogP contribution < -0.4 is 5.32 Å². The summed E-state index contributed by atoms with van der Waals surface area (Å²) in [5.74, 6) is 1.29. The molecular weight excluding hydrogens is 276 g/mol. The third kappa shape index (κ3) is 3.20. The van der Waals surface area contributed by atoms with Crippen molar-refractivity contribution in [2.75, 3.05) is 16.8 Å². The van der Waals surface area contributed by atoms with Gasteiger partial charge in [0.2, 0.25) is 0 Å². The van der Waals surface area contributed by atoms with E-state index < -0.39 is 15.7 Å². The summed E-state index contributed by atoms with van der Waals surface area (Å²) in [5.41, 5.74) is 0.455. The van der Waals surface area contributed by atoms with Crippen LogP contribution in [0, 0.1) is 10.1 Å². The Morgan fingerprint density at radius 1 is 1.39 bits per heavy atom. The lowest BCUT2D eigenvalue weighted by Crippen LogP contribution is -2.29. The van der Waals surface area contributed by atoms with Crippen molar-refractivity contribution in [3.05, 3.63) is 33.3 Å². The average molecular weight is 289 g/mol. The van der Waals surface area contributed by atoms with Gasteiger partial charge in [0.25, 0.3) is 5.69 Å². The van der Waals surface area contributed by atoms with Crippen LogP contribution in [0.4, 0.5) is 11.4 Å². The molecule has 0 spiro atoms. The second-order valence-electron chi connectivity index (χ2n) is 4.19. The predicted molar refractivity (Wildman–Crippen MR) is 72.6 cm³/mol. The number of nitrogens with zero attached hydrogens (tertiary/aromatic N) is 1. The van der Waals surface area contributed by atoms with E-state index in [2.05, 4.69) is 5.32 Å². The Balaban J connectivity index is 2.15. The van der Waals surface area contributed by atoms with E-state index in [9.17, 15) is 14.3 Å². The molecular formula is C11H13ClN2O3S. The average Bonchev–Trinajstić information content (AvgIpc) is 2.32. The summed E-state index contributed by atoms with van der Waals surface area (Å²) >= 11 is 5.85. The minimum absolute atomic E-state index is 0.0195. The van der Waals surface area contributed by atoms with Crippen molar-refractivity contribution in [3.8, 4) is 0 Å². The molecule has 0 bridgehead atoms. The van der Waals surface area contributed by atoms with Crippen molar-refractivity contribution in [2.45, 2.75) is 18.9 Å². The number of hydrogen-bond acceptors (Lipinski definition) is 4. The molecule has 1 aromatic carbocycles. The number of benzene rings is 1. The Morgan fingerprint density at radius 2 is 2.06 bits per heavy atom. The first kappa shape index (κ1) is 13.3. The van der Waals surface area contributed by atoms with E-state index in [0.717, 1.165) is 12.8 Å². The van der Waals surface area contributed by atoms with Crippen molar-refractivity contribution in [3.63, 3.8) is 0 Å². The van der Waals surface area contributed by atoms with Crippen LogP contribution in [0.1, 0.15) is 12.8 Å². The van der Waals surface area contributed by atoms with Gasteiger partial charge in [-0.2, -0.15) is 0 Å². The zero-order valence-corrected chi connectivity index (χ0v) is 11.2. The van der Waals surface area contributed by atoms with E-state index in [1.165, 1.54) is 12.1 Å². The van der Waals surface area contributed by atoms with Gasteiger partial charge in [0, 0.05) is 39.4 Å². The molecule has 1 aliphatic rings. The third-order valence-electron chi connectivity index (χ3n) is 2.90. The second kappa shape index (κ2) is 5.67. The normalized spacial score (nSPS) is 23.6. The molecule has 0 atom stereocenters. The maximum Gasteiger partial charge on any atom is 0.292 e. The zero-order chi connectivity index (χ0) is 13.1. The predicted octanol–water partition coefficient (Wildman–Crippen LogP) is 2.57. The first-order valence-corrected chi connectivity index (χ1v) is 7.48. The van der Waals surface area contributed by atoms with Gasteiger partial charge >= 0.3 is 0 Å². The molecule has 0 unspecified atom stereocenters. The van der Waals surface area contributed by atoms with Gasteiger partial charge in [-0.25, -0.2) is 0 Å². The highest BCUT2D eigenvalue weighted by atomic mass is 35.5. The van der Waals surface area contributed by atoms with Crippen molar-refractivity contribution in [2.24, 2.45) is 0 Å². The molecule has 1 N–H and O–H groups in total. The third-order valence-corrected chi connectivity index (χ3v) is 4.52. The van der Waals surface area contributed by atoms with E-state index >= 15 is 0 Å². The van der Waals surface area contributed by atoms with Gasteiger partial charge in [0.1, 0.15) is 5.69 Å². The molecule has 1 aromatic rings. The maximum atomic E-state index is 11.2. The summed E-state index contributed by atoms with van der Waals surface area (Å²) in [6, 6.07) is 4.58. The van der Waals surface area contributed by atoms with Gasteiger partial charge in [-0.15, -0.1) is 0 Å². The van der Waals surface area contributed by atoms with Crippen LogP contribution in [0.2, 0.25) is 5.02 Å². The molecule has 0 amide bonds. The molecule has 18 heavy (non-hydrogen) atoms. The fraction of sp³-hybridized carbons (Fsp3) is 0.455. The minimum Gasteiger partial charge on any atom is -0.377 e. The standard InChI is InChI=1S/C11H13ClN2O3S/c12-8-1-2-11(14(15)16)10(7-8)13-9-3-5-18(17)6-4-9/h1-2,7,9,13H,3-6H2. The van der Waals surface area contributed by atoms with Gasteiger partial charge in [-0.3, -0.25) is 14.3 Å². The number of anilines is 1. The number of nitro groups is 1. The summed E-state index contributed by atoms with van der Waals surface area (Å²) in [7, 11) is -0.737. The van der Waals surface area contributed by atoms with Crippen molar-refractivity contribution in [1.82, 2.24) is 0 Å². The molecule has 1 aliphatic heterocycles. The number of rotatable bonds is 3. The molecule has 0 saturated carbocycles. The van der Waals surface area contributed by atoms with Crippen LogP contribution in [0.25, 0.3) is 0 Å². The molecule has 0 aliphatic carbocycles. The topological polar surface area (TPSA) is 72.2 Å². The first-order chi connectivity index (χ1) is 8.56. The molecule has 7 heteroatoms. The van der Waals surface area contributed by atoms with E-state index in [1.807, 2.05) is 0 Å². The zero-order valence-electron chi connectivity index (χ0n) is 9.60. The van der Waals surface area contributed by atoms with Gasteiger partial charge in [-0.1, -0.05) is 11.6 Å². The van der Waals surface area contributed by atoms with E-state index in [4.69, 9.17) is 11.6 Å². The Hall–Kier alpha value is -1.14. The van der Waals surface area contributed by atoms with Gasteiger partial charge < -0.3 is 5.32 Å². The largest absolute Gasteiger partial charge is 0.377 e. The van der Waals surface area contributed by atoms with Crippen LogP contribution in [0.3, 0.4) is 0 Å². The molecule has 1 saturated heterocycles. The van der Waals surface area contributed by atoms with Crippen molar-refractivity contribution >= 4 is 33.8 Å². The number of nitro benzene ring substituents is 1. The van der Waals surface area contributed by atoms with Gasteiger partial charge in [0.05, 0.1) is 4.92 Å². The lowest BCUT2D eigenvalue weighted by molar-refractivity contribution is -0.384. The quantitative estimate of drug-likeness (QED) is 0.685. The van der Waals surface area contributed by atoms with Crippen LogP contribution in [-0.2, 0) is 10.8 Å². The minimum atomic E-state index is -0.737. The summed E-state index contributed by atoms with van der Waals surface area (Å²) in [6.07, 6.45) is 1.52. The van der Waals surface area contributed by atoms with Crippen LogP contribution in [-0.4, -0.2) is 26.7 Å². The SMILES string of the molecule is O=[N+]([O-])c1ccc(Cl)cc1NC1CCS(=O)CC1. The van der Waals surface area contributed by atoms with Crippen LogP contribution in [0.5, 0.6) is 0 Å². The molecule has 98 valence electrons. The highest BCUT2D eigenvalue weighted by molar-refractivity contribution is 7.85. The van der Waals surface area contributed by atoms with E-state index in [-0.39, 0.29) is 11.7 Å². The van der Waals surface area contributed by atoms with Gasteiger partial charge in [-0.05, 0) is 25.0 Å². The number of nitrogens with one attached hydrogen (secondary N) is 1. The fourth-order valence-corrected chi connectivity index (χ4v) is 3.41. The Kier molecular flexibility index (Phi) is 4.19. The van der Waals surface area contributed by atoms with E-state index in [0.29, 0.717) is 22.2 Å². The Morgan fingerprint density at radius 3 is 2.67 bits per heavy atom. The molecule has 0 aromatic heterocycles. The lowest BCUT2D eigenvalue weighted by atomic mass is 10.1.